The van der Waals surface area contributed by atoms with E-state index in [2.05, 4.69) is 31.9 Å². The van der Waals surface area contributed by atoms with Gasteiger partial charge in [0.05, 0.1) is 0 Å². The molecule has 0 saturated heterocycles. The SMILES string of the molecule is CCCN(CCC)[SiH](C)C(C)[SiH3]. The van der Waals surface area contributed by atoms with Crippen LogP contribution in [-0.2, 0) is 0 Å². The molecule has 0 aliphatic rings. The van der Waals surface area contributed by atoms with Crippen molar-refractivity contribution in [3.8, 4) is 0 Å². The van der Waals surface area contributed by atoms with E-state index < -0.39 is 8.96 Å². The molecule has 0 rings (SSSR count). The molecule has 0 aromatic carbocycles. The van der Waals surface area contributed by atoms with E-state index >= 15 is 0 Å². The highest BCUT2D eigenvalue weighted by atomic mass is 28.3. The average molecular weight is 203 g/mol. The molecule has 0 aromatic rings. The van der Waals surface area contributed by atoms with Gasteiger partial charge in [0, 0.05) is 10.2 Å². The van der Waals surface area contributed by atoms with Gasteiger partial charge in [0.15, 0.2) is 0 Å². The van der Waals surface area contributed by atoms with Gasteiger partial charge in [0.2, 0.25) is 0 Å². The van der Waals surface area contributed by atoms with Gasteiger partial charge in [-0.2, -0.15) is 0 Å². The Labute approximate surface area is 82.6 Å². The van der Waals surface area contributed by atoms with E-state index in [0.29, 0.717) is 0 Å². The van der Waals surface area contributed by atoms with Crippen LogP contribution in [-0.4, -0.2) is 36.9 Å². The van der Waals surface area contributed by atoms with Crippen molar-refractivity contribution in [1.82, 2.24) is 4.57 Å². The predicted molar refractivity (Wildman–Crippen MR) is 64.5 cm³/mol. The Kier molecular flexibility index (Phi) is 7.09. The maximum atomic E-state index is 2.78. The lowest BCUT2D eigenvalue weighted by molar-refractivity contribution is 0.428. The lowest BCUT2D eigenvalue weighted by Gasteiger charge is -2.30. The second kappa shape index (κ2) is 6.86. The van der Waals surface area contributed by atoms with Gasteiger partial charge in [-0.15, -0.1) is 0 Å². The first-order chi connectivity index (χ1) is 5.63. The van der Waals surface area contributed by atoms with Crippen LogP contribution in [0.15, 0.2) is 0 Å². The van der Waals surface area contributed by atoms with E-state index in [9.17, 15) is 0 Å². The lowest BCUT2D eigenvalue weighted by atomic mass is 10.4. The van der Waals surface area contributed by atoms with Crippen molar-refractivity contribution >= 4 is 19.2 Å². The molecule has 0 saturated carbocycles. The molecule has 0 aromatic heterocycles. The fourth-order valence-electron chi connectivity index (χ4n) is 1.52. The van der Waals surface area contributed by atoms with Gasteiger partial charge in [-0.05, 0) is 25.9 Å². The normalized spacial score (nSPS) is 16.8. The highest BCUT2D eigenvalue weighted by Crippen LogP contribution is 2.09. The first kappa shape index (κ1) is 12.4. The minimum absolute atomic E-state index is 0.531. The Balaban J connectivity index is 3.89. The van der Waals surface area contributed by atoms with Gasteiger partial charge in [-0.3, -0.25) is 0 Å². The van der Waals surface area contributed by atoms with Crippen LogP contribution < -0.4 is 0 Å². The minimum Gasteiger partial charge on any atom is -0.326 e. The number of hydrogen-bond donors (Lipinski definition) is 0. The van der Waals surface area contributed by atoms with E-state index in [1.165, 1.54) is 36.2 Å². The largest absolute Gasteiger partial charge is 0.326 e. The van der Waals surface area contributed by atoms with Crippen LogP contribution in [0.2, 0.25) is 11.7 Å². The Morgan fingerprint density at radius 2 is 1.67 bits per heavy atom. The highest BCUT2D eigenvalue weighted by molar-refractivity contribution is 6.64. The molecule has 12 heavy (non-hydrogen) atoms. The first-order valence-corrected chi connectivity index (χ1v) is 8.86. The van der Waals surface area contributed by atoms with Crippen LogP contribution in [0.25, 0.3) is 0 Å². The molecule has 0 N–H and O–H groups in total. The molecular formula is C9H25NSi2. The second-order valence-corrected chi connectivity index (χ2v) is 10.7. The van der Waals surface area contributed by atoms with Gasteiger partial charge in [-0.25, -0.2) is 0 Å². The standard InChI is InChI=1S/C9H25NSi2/c1-5-7-10(8-6-2)12(4)9(3)11/h9,12H,5-8H2,1-4,11H3. The van der Waals surface area contributed by atoms with Crippen LogP contribution in [0.3, 0.4) is 0 Å². The van der Waals surface area contributed by atoms with Crippen LogP contribution >= 0.6 is 0 Å². The maximum absolute atomic E-state index is 2.78. The minimum atomic E-state index is -0.531. The van der Waals surface area contributed by atoms with E-state index in [1.807, 2.05) is 0 Å². The van der Waals surface area contributed by atoms with Crippen molar-refractivity contribution in [2.45, 2.75) is 45.3 Å². The molecule has 0 heterocycles. The van der Waals surface area contributed by atoms with Crippen LogP contribution in [0, 0.1) is 0 Å². The summed E-state index contributed by atoms with van der Waals surface area (Å²) in [6.07, 6.45) is 2.65. The summed E-state index contributed by atoms with van der Waals surface area (Å²) in [6, 6.07) is 0. The summed E-state index contributed by atoms with van der Waals surface area (Å²) in [5.74, 6) is 0. The fraction of sp³-hybridized carbons (Fsp3) is 1.00. The molecule has 3 heteroatoms. The molecule has 2 unspecified atom stereocenters. The molecule has 0 aliphatic carbocycles. The summed E-state index contributed by atoms with van der Waals surface area (Å²) in [7, 11) is 0.854. The molecule has 74 valence electrons. The fourth-order valence-corrected chi connectivity index (χ4v) is 4.95. The third-order valence-corrected chi connectivity index (χ3v) is 9.05. The Morgan fingerprint density at radius 3 is 1.92 bits per heavy atom. The van der Waals surface area contributed by atoms with Gasteiger partial charge in [-0.1, -0.05) is 32.5 Å². The average Bonchev–Trinajstić information content (AvgIpc) is 2.03. The van der Waals surface area contributed by atoms with Gasteiger partial charge >= 0.3 is 0 Å². The van der Waals surface area contributed by atoms with Crippen molar-refractivity contribution < 1.29 is 0 Å². The molecule has 2 atom stereocenters. The third-order valence-electron chi connectivity index (χ3n) is 2.56. The van der Waals surface area contributed by atoms with Crippen molar-refractivity contribution in [3.05, 3.63) is 0 Å². The van der Waals surface area contributed by atoms with Crippen molar-refractivity contribution in [2.24, 2.45) is 0 Å². The molecule has 0 amide bonds. The molecular weight excluding hydrogens is 178 g/mol. The van der Waals surface area contributed by atoms with E-state index in [4.69, 9.17) is 0 Å². The zero-order valence-corrected chi connectivity index (χ0v) is 12.6. The Bertz CT molecular complexity index is 101. The van der Waals surface area contributed by atoms with Crippen LogP contribution in [0.4, 0.5) is 0 Å². The quantitative estimate of drug-likeness (QED) is 0.586. The van der Waals surface area contributed by atoms with Crippen molar-refractivity contribution in [3.63, 3.8) is 0 Å². The first-order valence-electron chi connectivity index (χ1n) is 5.37. The molecule has 0 fully saturated rings. The lowest BCUT2D eigenvalue weighted by Crippen LogP contribution is -2.40. The Morgan fingerprint density at radius 1 is 1.25 bits per heavy atom. The van der Waals surface area contributed by atoms with E-state index in [1.54, 1.807) is 0 Å². The van der Waals surface area contributed by atoms with Crippen LogP contribution in [0.1, 0.15) is 33.6 Å². The van der Waals surface area contributed by atoms with E-state index in [-0.39, 0.29) is 0 Å². The molecule has 0 bridgehead atoms. The summed E-state index contributed by atoms with van der Waals surface area (Å²) in [4.78, 5) is 0. The summed E-state index contributed by atoms with van der Waals surface area (Å²) < 4.78 is 2.78. The van der Waals surface area contributed by atoms with E-state index in [0.717, 1.165) is 5.16 Å². The summed E-state index contributed by atoms with van der Waals surface area (Å²) >= 11 is 0. The van der Waals surface area contributed by atoms with Crippen LogP contribution in [0.5, 0.6) is 0 Å². The molecule has 1 nitrogen and oxygen atoms in total. The number of hydrogen-bond acceptors (Lipinski definition) is 1. The predicted octanol–water partition coefficient (Wildman–Crippen LogP) is 1.17. The summed E-state index contributed by atoms with van der Waals surface area (Å²) in [5, 5.41) is 1.06. The highest BCUT2D eigenvalue weighted by Gasteiger charge is 2.16. The Hall–Kier alpha value is 0.394. The van der Waals surface area contributed by atoms with Crippen molar-refractivity contribution in [2.75, 3.05) is 13.1 Å². The van der Waals surface area contributed by atoms with Gasteiger partial charge < -0.3 is 4.57 Å². The number of rotatable bonds is 6. The smallest absolute Gasteiger partial charge is 0.108 e. The topological polar surface area (TPSA) is 3.24 Å². The number of nitrogens with zero attached hydrogens (tertiary/aromatic N) is 1. The molecule has 0 spiro atoms. The molecule has 0 radical (unpaired) electrons. The summed E-state index contributed by atoms with van der Waals surface area (Å²) in [5.41, 5.74) is 0. The zero-order valence-electron chi connectivity index (χ0n) is 9.43. The molecule has 0 aliphatic heterocycles. The van der Waals surface area contributed by atoms with Gasteiger partial charge in [0.25, 0.3) is 0 Å². The van der Waals surface area contributed by atoms with Gasteiger partial charge in [0.1, 0.15) is 8.96 Å². The maximum Gasteiger partial charge on any atom is 0.108 e. The second-order valence-electron chi connectivity index (χ2n) is 4.02. The monoisotopic (exact) mass is 203 g/mol. The van der Waals surface area contributed by atoms with Crippen molar-refractivity contribution in [1.29, 1.82) is 0 Å². The zero-order chi connectivity index (χ0) is 9.56. The third kappa shape index (κ3) is 4.43. The summed E-state index contributed by atoms with van der Waals surface area (Å²) in [6.45, 7) is 12.2.